The number of fused-ring (bicyclic) bond motifs is 1. The van der Waals surface area contributed by atoms with Gasteiger partial charge in [-0.15, -0.1) is 0 Å². The highest BCUT2D eigenvalue weighted by atomic mass is 16.5. The molecule has 22 heavy (non-hydrogen) atoms. The molecule has 0 aromatic heterocycles. The molecule has 1 spiro atoms. The van der Waals surface area contributed by atoms with Gasteiger partial charge in [0.05, 0.1) is 0 Å². The minimum atomic E-state index is -0.627. The molecule has 0 bridgehead atoms. The van der Waals surface area contributed by atoms with Gasteiger partial charge in [0.25, 0.3) is 0 Å². The van der Waals surface area contributed by atoms with Crippen molar-refractivity contribution in [2.24, 2.45) is 5.92 Å². The Kier molecular flexibility index (Phi) is 2.88. The van der Waals surface area contributed by atoms with Gasteiger partial charge in [0.2, 0.25) is 0 Å². The van der Waals surface area contributed by atoms with E-state index in [1.807, 2.05) is 12.1 Å². The summed E-state index contributed by atoms with van der Waals surface area (Å²) in [5.41, 5.74) is 2.00. The Morgan fingerprint density at radius 3 is 2.86 bits per heavy atom. The Labute approximate surface area is 131 Å². The normalized spacial score (nSPS) is 39.8. The smallest absolute Gasteiger partial charge is 0.165 e. The molecule has 2 unspecified atom stereocenters. The fraction of sp³-hybridized carbons (Fsp3) is 0.556. The maximum absolute atomic E-state index is 10.5. The highest BCUT2D eigenvalue weighted by Gasteiger charge is 2.61. The SMILES string of the molecule is Cc1ccc(O)c2c1[C@]13CCN(C)[C@H](C)C1C=CC(O)[C@@H]3O2. The number of ether oxygens (including phenoxy) is 1. The molecule has 0 radical (unpaired) electrons. The van der Waals surface area contributed by atoms with Gasteiger partial charge in [-0.05, 0) is 45.5 Å². The monoisotopic (exact) mass is 301 g/mol. The van der Waals surface area contributed by atoms with E-state index in [4.69, 9.17) is 4.74 Å². The Morgan fingerprint density at radius 2 is 2.09 bits per heavy atom. The molecule has 0 saturated carbocycles. The summed E-state index contributed by atoms with van der Waals surface area (Å²) in [5, 5.41) is 20.8. The zero-order chi connectivity index (χ0) is 15.6. The Balaban J connectivity index is 1.97. The van der Waals surface area contributed by atoms with Gasteiger partial charge >= 0.3 is 0 Å². The topological polar surface area (TPSA) is 52.9 Å². The van der Waals surface area contributed by atoms with Crippen LogP contribution in [0.15, 0.2) is 24.3 Å². The van der Waals surface area contributed by atoms with E-state index in [1.54, 1.807) is 6.07 Å². The second-order valence-electron chi connectivity index (χ2n) is 7.06. The quantitative estimate of drug-likeness (QED) is 0.719. The van der Waals surface area contributed by atoms with Gasteiger partial charge in [-0.2, -0.15) is 0 Å². The lowest BCUT2D eigenvalue weighted by Gasteiger charge is -2.52. The van der Waals surface area contributed by atoms with E-state index in [2.05, 4.69) is 31.9 Å². The molecule has 5 atom stereocenters. The van der Waals surface area contributed by atoms with Crippen LogP contribution in [0.5, 0.6) is 11.5 Å². The molecule has 1 aliphatic carbocycles. The number of hydrogen-bond acceptors (Lipinski definition) is 4. The minimum Gasteiger partial charge on any atom is -0.504 e. The van der Waals surface area contributed by atoms with Gasteiger partial charge in [-0.25, -0.2) is 0 Å². The van der Waals surface area contributed by atoms with Crippen molar-refractivity contribution in [1.82, 2.24) is 4.90 Å². The summed E-state index contributed by atoms with van der Waals surface area (Å²) >= 11 is 0. The molecule has 2 heterocycles. The van der Waals surface area contributed by atoms with Crippen LogP contribution >= 0.6 is 0 Å². The number of benzene rings is 1. The summed E-state index contributed by atoms with van der Waals surface area (Å²) in [6.07, 6.45) is 4.02. The Hall–Kier alpha value is -1.52. The van der Waals surface area contributed by atoms with Gasteiger partial charge in [0.1, 0.15) is 12.2 Å². The average Bonchev–Trinajstić information content (AvgIpc) is 2.85. The third-order valence-corrected chi connectivity index (χ3v) is 6.08. The van der Waals surface area contributed by atoms with Crippen LogP contribution in [-0.4, -0.2) is 47.0 Å². The van der Waals surface area contributed by atoms with Crippen molar-refractivity contribution in [2.45, 2.75) is 43.9 Å². The minimum absolute atomic E-state index is 0.182. The van der Waals surface area contributed by atoms with Crippen LogP contribution in [-0.2, 0) is 5.41 Å². The van der Waals surface area contributed by atoms with Crippen LogP contribution in [0.2, 0.25) is 0 Å². The van der Waals surface area contributed by atoms with E-state index in [1.165, 1.54) is 0 Å². The standard InChI is InChI=1S/C18H23NO3/c1-10-4-6-13(20)16-15(10)18-8-9-19(3)11(2)12(18)5-7-14(21)17(18)22-16/h4-7,11-12,14,17,20-21H,8-9H2,1-3H3/t11-,12?,14?,17+,18+/m1/s1. The number of rotatable bonds is 0. The highest BCUT2D eigenvalue weighted by molar-refractivity contribution is 5.59. The molecule has 2 aliphatic heterocycles. The predicted molar refractivity (Wildman–Crippen MR) is 84.3 cm³/mol. The fourth-order valence-electron chi connectivity index (χ4n) is 4.84. The molecule has 1 fully saturated rings. The highest BCUT2D eigenvalue weighted by Crippen LogP contribution is 2.59. The lowest BCUT2D eigenvalue weighted by molar-refractivity contribution is -0.0369. The molecule has 1 saturated heterocycles. The maximum Gasteiger partial charge on any atom is 0.165 e. The molecule has 0 amide bonds. The second-order valence-corrected chi connectivity index (χ2v) is 7.06. The van der Waals surface area contributed by atoms with Crippen molar-refractivity contribution in [3.05, 3.63) is 35.4 Å². The lowest BCUT2D eigenvalue weighted by Crippen LogP contribution is -2.61. The van der Waals surface area contributed by atoms with Gasteiger partial charge in [-0.3, -0.25) is 0 Å². The zero-order valence-electron chi connectivity index (χ0n) is 13.3. The van der Waals surface area contributed by atoms with E-state index in [-0.39, 0.29) is 23.2 Å². The van der Waals surface area contributed by atoms with Crippen LogP contribution in [0.3, 0.4) is 0 Å². The van der Waals surface area contributed by atoms with Crippen LogP contribution in [0.4, 0.5) is 0 Å². The molecular weight excluding hydrogens is 278 g/mol. The molecule has 118 valence electrons. The number of nitrogens with zero attached hydrogens (tertiary/aromatic N) is 1. The van der Waals surface area contributed by atoms with Crippen molar-refractivity contribution in [3.63, 3.8) is 0 Å². The molecule has 1 aromatic rings. The summed E-state index contributed by atoms with van der Waals surface area (Å²) in [7, 11) is 2.15. The molecule has 4 nitrogen and oxygen atoms in total. The second kappa shape index (κ2) is 4.49. The van der Waals surface area contributed by atoms with E-state index < -0.39 is 6.10 Å². The molecular formula is C18H23NO3. The Bertz CT molecular complexity index is 656. The van der Waals surface area contributed by atoms with Crippen LogP contribution in [0.25, 0.3) is 0 Å². The first-order valence-electron chi connectivity index (χ1n) is 8.03. The number of piperidine rings is 1. The Morgan fingerprint density at radius 1 is 1.32 bits per heavy atom. The summed E-state index contributed by atoms with van der Waals surface area (Å²) in [6.45, 7) is 5.27. The van der Waals surface area contributed by atoms with Crippen LogP contribution in [0.1, 0.15) is 24.5 Å². The number of aliphatic hydroxyl groups is 1. The van der Waals surface area contributed by atoms with Crippen LogP contribution < -0.4 is 4.74 Å². The number of likely N-dealkylation sites (tertiary alicyclic amines) is 1. The van der Waals surface area contributed by atoms with E-state index in [0.717, 1.165) is 24.1 Å². The van der Waals surface area contributed by atoms with Gasteiger partial charge in [-0.1, -0.05) is 18.2 Å². The van der Waals surface area contributed by atoms with Crippen molar-refractivity contribution in [2.75, 3.05) is 13.6 Å². The molecule has 1 aromatic carbocycles. The van der Waals surface area contributed by atoms with Crippen molar-refractivity contribution < 1.29 is 14.9 Å². The third-order valence-electron chi connectivity index (χ3n) is 6.08. The first-order chi connectivity index (χ1) is 10.5. The maximum atomic E-state index is 10.5. The van der Waals surface area contributed by atoms with E-state index >= 15 is 0 Å². The van der Waals surface area contributed by atoms with Crippen LogP contribution in [0, 0.1) is 12.8 Å². The molecule has 4 rings (SSSR count). The zero-order valence-corrected chi connectivity index (χ0v) is 13.3. The van der Waals surface area contributed by atoms with Crippen molar-refractivity contribution in [1.29, 1.82) is 0 Å². The number of aryl methyl sites for hydroxylation is 1. The average molecular weight is 301 g/mol. The first-order valence-corrected chi connectivity index (χ1v) is 8.03. The summed E-state index contributed by atoms with van der Waals surface area (Å²) in [5.74, 6) is 1.04. The third kappa shape index (κ3) is 1.54. The first kappa shape index (κ1) is 14.1. The summed E-state index contributed by atoms with van der Waals surface area (Å²) in [6, 6.07) is 4.02. The van der Waals surface area contributed by atoms with Gasteiger partial charge < -0.3 is 19.8 Å². The molecule has 3 aliphatic rings. The molecule has 2 N–H and O–H groups in total. The number of hydrogen-bond donors (Lipinski definition) is 2. The molecule has 4 heteroatoms. The number of aromatic hydroxyl groups is 1. The number of aliphatic hydroxyl groups excluding tert-OH is 1. The summed E-state index contributed by atoms with van der Waals surface area (Å²) < 4.78 is 6.11. The fourth-order valence-corrected chi connectivity index (χ4v) is 4.84. The van der Waals surface area contributed by atoms with Crippen molar-refractivity contribution in [3.8, 4) is 11.5 Å². The largest absolute Gasteiger partial charge is 0.504 e. The summed E-state index contributed by atoms with van der Waals surface area (Å²) in [4.78, 5) is 2.37. The lowest BCUT2D eigenvalue weighted by atomic mass is 9.57. The number of phenolic OH excluding ortho intramolecular Hbond substituents is 1. The van der Waals surface area contributed by atoms with Gasteiger partial charge in [0.15, 0.2) is 11.5 Å². The predicted octanol–water partition coefficient (Wildman–Crippen LogP) is 1.97. The van der Waals surface area contributed by atoms with E-state index in [0.29, 0.717) is 11.8 Å². The van der Waals surface area contributed by atoms with Gasteiger partial charge in [0, 0.05) is 22.9 Å². The number of phenols is 1. The van der Waals surface area contributed by atoms with Crippen molar-refractivity contribution >= 4 is 0 Å². The van der Waals surface area contributed by atoms with E-state index in [9.17, 15) is 10.2 Å².